The molecule has 4 rings (SSSR count). The van der Waals surface area contributed by atoms with E-state index < -0.39 is 12.2 Å². The number of aliphatic hydroxyl groups excluding tert-OH is 3. The molecule has 2 atom stereocenters. The van der Waals surface area contributed by atoms with E-state index in [1.165, 1.54) is 30.0 Å². The fourth-order valence-electron chi connectivity index (χ4n) is 7.44. The van der Waals surface area contributed by atoms with Crippen molar-refractivity contribution in [3.63, 3.8) is 0 Å². The average molecular weight is 812 g/mol. The summed E-state index contributed by atoms with van der Waals surface area (Å²) in [5.41, 5.74) is 5.22. The third-order valence-corrected chi connectivity index (χ3v) is 11.0. The van der Waals surface area contributed by atoms with Crippen LogP contribution in [0.1, 0.15) is 123 Å². The molecule has 0 fully saturated rings. The first-order valence-corrected chi connectivity index (χ1v) is 22.3. The first-order valence-electron chi connectivity index (χ1n) is 22.3. The van der Waals surface area contributed by atoms with Crippen LogP contribution in [-0.2, 0) is 30.7 Å². The Labute approximate surface area is 354 Å². The Morgan fingerprint density at radius 3 is 1.68 bits per heavy atom. The highest BCUT2D eigenvalue weighted by atomic mass is 16.5. The van der Waals surface area contributed by atoms with Gasteiger partial charge in [-0.2, -0.15) is 0 Å². The standard InChI is InChI=1S/C50H73N3O6/c54-40-46-36-44(26-28-48(46)56)50(58)39-53(32-16-3-1-13-29-51-30-15-11-23-41-19-7-5-8-20-41)38-45-35-43(25-27-47(45)55)49(57)37-52-31-14-2-4-17-33-59-34-18-12-24-42-21-9-6-10-22-42/h5-10,19-22,25-28,35-36,49-52,54-58H,1-4,11-18,23-24,29-34,37-40H2. The number of ether oxygens (including phenoxy) is 1. The van der Waals surface area contributed by atoms with E-state index in [4.69, 9.17) is 4.74 Å². The van der Waals surface area contributed by atoms with Gasteiger partial charge in [0.05, 0.1) is 18.8 Å². The number of aliphatic hydroxyl groups is 3. The lowest BCUT2D eigenvalue weighted by Crippen LogP contribution is -2.30. The van der Waals surface area contributed by atoms with Crippen molar-refractivity contribution < 1.29 is 30.3 Å². The Morgan fingerprint density at radius 1 is 0.525 bits per heavy atom. The van der Waals surface area contributed by atoms with Crippen molar-refractivity contribution >= 4 is 0 Å². The maximum atomic E-state index is 11.3. The van der Waals surface area contributed by atoms with Gasteiger partial charge in [0, 0.05) is 44.0 Å². The molecule has 0 aliphatic rings. The van der Waals surface area contributed by atoms with E-state index in [0.29, 0.717) is 36.3 Å². The molecule has 2 unspecified atom stereocenters. The van der Waals surface area contributed by atoms with Crippen LogP contribution in [0.25, 0.3) is 0 Å². The molecule has 0 heterocycles. The molecule has 0 bridgehead atoms. The van der Waals surface area contributed by atoms with E-state index in [2.05, 4.69) is 76.2 Å². The number of rotatable bonds is 33. The number of phenolic OH excluding ortho intramolecular Hbond substituents is 1. The van der Waals surface area contributed by atoms with Crippen LogP contribution in [0.2, 0.25) is 0 Å². The molecule has 0 aliphatic heterocycles. The zero-order valence-corrected chi connectivity index (χ0v) is 35.5. The number of unbranched alkanes of at least 4 members (excludes halogenated alkanes) is 8. The van der Waals surface area contributed by atoms with Gasteiger partial charge >= 0.3 is 0 Å². The third-order valence-electron chi connectivity index (χ3n) is 11.0. The van der Waals surface area contributed by atoms with Crippen LogP contribution in [0.5, 0.6) is 11.5 Å². The van der Waals surface area contributed by atoms with Crippen molar-refractivity contribution in [3.05, 3.63) is 130 Å². The molecule has 324 valence electrons. The van der Waals surface area contributed by atoms with Gasteiger partial charge in [-0.1, -0.05) is 98.5 Å². The third kappa shape index (κ3) is 19.9. The van der Waals surface area contributed by atoms with E-state index in [1.807, 2.05) is 6.07 Å². The number of nitrogens with one attached hydrogen (secondary N) is 2. The summed E-state index contributed by atoms with van der Waals surface area (Å²) in [6, 6.07) is 31.4. The van der Waals surface area contributed by atoms with E-state index in [-0.39, 0.29) is 18.1 Å². The minimum atomic E-state index is -0.852. The van der Waals surface area contributed by atoms with Crippen molar-refractivity contribution in [1.29, 1.82) is 0 Å². The van der Waals surface area contributed by atoms with Gasteiger partial charge in [0.2, 0.25) is 0 Å². The van der Waals surface area contributed by atoms with Gasteiger partial charge in [-0.25, -0.2) is 0 Å². The lowest BCUT2D eigenvalue weighted by Gasteiger charge is -2.26. The van der Waals surface area contributed by atoms with Crippen molar-refractivity contribution in [2.45, 2.75) is 115 Å². The van der Waals surface area contributed by atoms with Crippen LogP contribution < -0.4 is 10.6 Å². The molecule has 4 aromatic carbocycles. The molecule has 0 saturated heterocycles. The highest BCUT2D eigenvalue weighted by molar-refractivity contribution is 5.38. The van der Waals surface area contributed by atoms with E-state index in [1.54, 1.807) is 24.3 Å². The van der Waals surface area contributed by atoms with Crippen LogP contribution in [0.15, 0.2) is 97.1 Å². The minimum Gasteiger partial charge on any atom is -0.508 e. The summed E-state index contributed by atoms with van der Waals surface area (Å²) < 4.78 is 5.83. The van der Waals surface area contributed by atoms with Crippen molar-refractivity contribution in [2.75, 3.05) is 52.5 Å². The predicted octanol–water partition coefficient (Wildman–Crippen LogP) is 8.52. The monoisotopic (exact) mass is 812 g/mol. The maximum absolute atomic E-state index is 11.3. The second-order valence-corrected chi connectivity index (χ2v) is 16.0. The first kappa shape index (κ1) is 47.9. The molecular weight excluding hydrogens is 739 g/mol. The van der Waals surface area contributed by atoms with Gasteiger partial charge in [-0.3, -0.25) is 4.90 Å². The van der Waals surface area contributed by atoms with E-state index in [9.17, 15) is 25.5 Å². The molecule has 0 amide bonds. The molecule has 7 N–H and O–H groups in total. The Hall–Kier alpha value is -3.80. The predicted molar refractivity (Wildman–Crippen MR) is 240 cm³/mol. The maximum Gasteiger partial charge on any atom is 0.121 e. The second-order valence-electron chi connectivity index (χ2n) is 16.0. The average Bonchev–Trinajstić information content (AvgIpc) is 3.25. The quantitative estimate of drug-likeness (QED) is 0.0236. The fourth-order valence-corrected chi connectivity index (χ4v) is 7.44. The summed E-state index contributed by atoms with van der Waals surface area (Å²) in [4.78, 5) is 2.14. The summed E-state index contributed by atoms with van der Waals surface area (Å²) in [7, 11) is 0. The number of phenols is 2. The van der Waals surface area contributed by atoms with E-state index >= 15 is 0 Å². The molecule has 9 heteroatoms. The highest BCUT2D eigenvalue weighted by Gasteiger charge is 2.18. The van der Waals surface area contributed by atoms with Gasteiger partial charge in [0.15, 0.2) is 0 Å². The van der Waals surface area contributed by atoms with Gasteiger partial charge in [0.1, 0.15) is 11.5 Å². The van der Waals surface area contributed by atoms with E-state index in [0.717, 1.165) is 122 Å². The second kappa shape index (κ2) is 29.4. The highest BCUT2D eigenvalue weighted by Crippen LogP contribution is 2.27. The molecule has 4 aromatic rings. The zero-order valence-electron chi connectivity index (χ0n) is 35.5. The molecule has 0 saturated carbocycles. The topological polar surface area (TPSA) is 138 Å². The first-order chi connectivity index (χ1) is 28.9. The number of aromatic hydroxyl groups is 2. The van der Waals surface area contributed by atoms with Gasteiger partial charge in [0.25, 0.3) is 0 Å². The SMILES string of the molecule is OCc1cc(C(O)CN(CCCCCCNCCCCc2ccccc2)Cc2cc(C(O)CNCCCCCCOCCCCc3ccccc3)ccc2O)ccc1O. The summed E-state index contributed by atoms with van der Waals surface area (Å²) in [6.45, 7) is 6.06. The minimum absolute atomic E-state index is 0.00133. The summed E-state index contributed by atoms with van der Waals surface area (Å²) >= 11 is 0. The summed E-state index contributed by atoms with van der Waals surface area (Å²) in [5.74, 6) is 0.158. The van der Waals surface area contributed by atoms with Crippen LogP contribution in [0.3, 0.4) is 0 Å². The number of nitrogens with zero attached hydrogens (tertiary/aromatic N) is 1. The Balaban J connectivity index is 1.14. The number of hydrogen-bond donors (Lipinski definition) is 7. The lowest BCUT2D eigenvalue weighted by atomic mass is 10.0. The normalized spacial score (nSPS) is 12.6. The number of benzene rings is 4. The van der Waals surface area contributed by atoms with Crippen LogP contribution in [0.4, 0.5) is 0 Å². The summed E-state index contributed by atoms with van der Waals surface area (Å²) in [6.07, 6.45) is 13.8. The van der Waals surface area contributed by atoms with Crippen molar-refractivity contribution in [3.8, 4) is 11.5 Å². The fraction of sp³-hybridized carbons (Fsp3) is 0.520. The Bertz CT molecular complexity index is 1660. The van der Waals surface area contributed by atoms with Crippen LogP contribution in [0, 0.1) is 0 Å². The lowest BCUT2D eigenvalue weighted by molar-refractivity contribution is 0.107. The van der Waals surface area contributed by atoms with Gasteiger partial charge < -0.3 is 40.9 Å². The van der Waals surface area contributed by atoms with Crippen molar-refractivity contribution in [2.24, 2.45) is 0 Å². The van der Waals surface area contributed by atoms with Gasteiger partial charge in [-0.15, -0.1) is 0 Å². The molecular formula is C50H73N3O6. The van der Waals surface area contributed by atoms with Gasteiger partial charge in [-0.05, 0) is 137 Å². The largest absolute Gasteiger partial charge is 0.508 e. The van der Waals surface area contributed by atoms with Crippen LogP contribution >= 0.6 is 0 Å². The van der Waals surface area contributed by atoms with Crippen LogP contribution in [-0.4, -0.2) is 82.9 Å². The van der Waals surface area contributed by atoms with Crippen molar-refractivity contribution in [1.82, 2.24) is 15.5 Å². The number of aryl methyl sites for hydroxylation is 2. The molecule has 9 nitrogen and oxygen atoms in total. The number of hydrogen-bond acceptors (Lipinski definition) is 9. The molecule has 0 aromatic heterocycles. The summed E-state index contributed by atoms with van der Waals surface area (Å²) in [5, 5.41) is 59.9. The molecule has 59 heavy (non-hydrogen) atoms. The Kier molecular flexibility index (Phi) is 23.9. The molecule has 0 aliphatic carbocycles. The zero-order chi connectivity index (χ0) is 41.8. The molecule has 0 spiro atoms. The molecule has 0 radical (unpaired) electrons. The smallest absolute Gasteiger partial charge is 0.121 e. The Morgan fingerprint density at radius 2 is 1.03 bits per heavy atom.